The largest absolute Gasteiger partial charge is 0.466 e. The van der Waals surface area contributed by atoms with Crippen molar-refractivity contribution in [2.75, 3.05) is 6.61 Å². The maximum Gasteiger partial charge on any atom is 0.259 e. The molecule has 2 N–H and O–H groups in total. The molecule has 0 unspecified atom stereocenters. The van der Waals surface area contributed by atoms with Crippen LogP contribution in [0.4, 0.5) is 0 Å². The van der Waals surface area contributed by atoms with E-state index in [0.29, 0.717) is 34.0 Å². The fourth-order valence-corrected chi connectivity index (χ4v) is 4.05. The number of nitrogens with zero attached hydrogens (tertiary/aromatic N) is 2. The highest BCUT2D eigenvalue weighted by Gasteiger charge is 2.25. The van der Waals surface area contributed by atoms with Gasteiger partial charge in [0.15, 0.2) is 0 Å². The molecule has 3 heterocycles. The molecule has 28 heavy (non-hydrogen) atoms. The van der Waals surface area contributed by atoms with Crippen LogP contribution < -0.4 is 5.32 Å². The van der Waals surface area contributed by atoms with Gasteiger partial charge >= 0.3 is 0 Å². The first-order valence-corrected chi connectivity index (χ1v) is 9.72. The molecule has 0 saturated heterocycles. The zero-order valence-electron chi connectivity index (χ0n) is 16.4. The summed E-state index contributed by atoms with van der Waals surface area (Å²) in [6.07, 6.45) is 3.61. The number of carbonyl (C=O) groups excluding carboxylic acids is 1. The number of amides is 1. The number of aromatic nitrogens is 2. The van der Waals surface area contributed by atoms with Gasteiger partial charge in [0.1, 0.15) is 11.5 Å². The normalized spacial score (nSPS) is 19.9. The highest BCUT2D eigenvalue weighted by Crippen LogP contribution is 2.31. The third-order valence-corrected chi connectivity index (χ3v) is 5.62. The van der Waals surface area contributed by atoms with Crippen LogP contribution >= 0.6 is 0 Å². The van der Waals surface area contributed by atoms with E-state index in [-0.39, 0.29) is 18.6 Å². The molecular weight excluding hydrogens is 358 g/mol. The van der Waals surface area contributed by atoms with Crippen molar-refractivity contribution >= 4 is 17.0 Å². The predicted octanol–water partition coefficient (Wildman–Crippen LogP) is 3.69. The van der Waals surface area contributed by atoms with E-state index in [0.717, 1.165) is 42.8 Å². The Morgan fingerprint density at radius 2 is 1.96 bits per heavy atom. The fraction of sp³-hybridized carbons (Fsp3) is 0.476. The lowest BCUT2D eigenvalue weighted by molar-refractivity contribution is 0.0915. The summed E-state index contributed by atoms with van der Waals surface area (Å²) in [4.78, 5) is 17.7. The molecule has 0 aromatic carbocycles. The number of hydrogen-bond acceptors (Lipinski definition) is 6. The van der Waals surface area contributed by atoms with Gasteiger partial charge in [-0.3, -0.25) is 4.79 Å². The van der Waals surface area contributed by atoms with Crippen LogP contribution in [0, 0.1) is 26.7 Å². The molecule has 4 rings (SSSR count). The highest BCUT2D eigenvalue weighted by molar-refractivity contribution is 6.07. The van der Waals surface area contributed by atoms with Crippen LogP contribution in [-0.2, 0) is 0 Å². The van der Waals surface area contributed by atoms with E-state index in [2.05, 4.69) is 15.5 Å². The molecule has 1 saturated carbocycles. The summed E-state index contributed by atoms with van der Waals surface area (Å²) >= 11 is 0. The van der Waals surface area contributed by atoms with Gasteiger partial charge in [-0.05, 0) is 64.5 Å². The molecule has 0 spiro atoms. The number of aryl methyl sites for hydroxylation is 3. The summed E-state index contributed by atoms with van der Waals surface area (Å²) in [7, 11) is 0. The van der Waals surface area contributed by atoms with Crippen molar-refractivity contribution in [3.8, 4) is 11.3 Å². The molecule has 0 bridgehead atoms. The van der Waals surface area contributed by atoms with E-state index in [1.54, 1.807) is 6.07 Å². The molecule has 1 fully saturated rings. The summed E-state index contributed by atoms with van der Waals surface area (Å²) in [6.45, 7) is 5.78. The smallest absolute Gasteiger partial charge is 0.259 e. The molecule has 1 aliphatic rings. The highest BCUT2D eigenvalue weighted by atomic mass is 16.5. The molecule has 7 nitrogen and oxygen atoms in total. The molecular formula is C21H25N3O4. The molecule has 0 radical (unpaired) electrons. The SMILES string of the molecule is Cc1cc(-c2cc(C(=O)NC3CCC(CO)CC3)c3c(C)noc3n2)c(C)o1. The Labute approximate surface area is 163 Å². The maximum absolute atomic E-state index is 13.1. The number of carbonyl (C=O) groups is 1. The number of aliphatic hydroxyl groups excluding tert-OH is 1. The lowest BCUT2D eigenvalue weighted by Crippen LogP contribution is -2.38. The van der Waals surface area contributed by atoms with Gasteiger partial charge in [0.05, 0.1) is 22.3 Å². The average Bonchev–Trinajstić information content (AvgIpc) is 3.23. The molecule has 3 aromatic rings. The molecule has 3 aromatic heterocycles. The lowest BCUT2D eigenvalue weighted by atomic mass is 9.86. The van der Waals surface area contributed by atoms with Gasteiger partial charge in [-0.25, -0.2) is 4.98 Å². The third kappa shape index (κ3) is 3.42. The number of pyridine rings is 1. The van der Waals surface area contributed by atoms with Gasteiger partial charge in [-0.15, -0.1) is 0 Å². The Balaban J connectivity index is 1.68. The molecule has 148 valence electrons. The summed E-state index contributed by atoms with van der Waals surface area (Å²) in [5.74, 6) is 1.73. The Morgan fingerprint density at radius 1 is 1.21 bits per heavy atom. The minimum absolute atomic E-state index is 0.111. The Morgan fingerprint density at radius 3 is 2.61 bits per heavy atom. The van der Waals surface area contributed by atoms with E-state index >= 15 is 0 Å². The van der Waals surface area contributed by atoms with Gasteiger partial charge in [0.25, 0.3) is 11.6 Å². The molecule has 1 amide bonds. The lowest BCUT2D eigenvalue weighted by Gasteiger charge is -2.28. The van der Waals surface area contributed by atoms with Crippen LogP contribution in [0.3, 0.4) is 0 Å². The van der Waals surface area contributed by atoms with Gasteiger partial charge in [-0.2, -0.15) is 0 Å². The van der Waals surface area contributed by atoms with Crippen LogP contribution in [0.25, 0.3) is 22.4 Å². The van der Waals surface area contributed by atoms with Crippen molar-refractivity contribution < 1.29 is 18.8 Å². The maximum atomic E-state index is 13.1. The second kappa shape index (κ2) is 7.39. The van der Waals surface area contributed by atoms with Crippen LogP contribution in [0.15, 0.2) is 21.1 Å². The van der Waals surface area contributed by atoms with E-state index < -0.39 is 0 Å². The second-order valence-electron chi connectivity index (χ2n) is 7.70. The molecule has 0 atom stereocenters. The predicted molar refractivity (Wildman–Crippen MR) is 104 cm³/mol. The second-order valence-corrected chi connectivity index (χ2v) is 7.70. The minimum atomic E-state index is -0.148. The van der Waals surface area contributed by atoms with Crippen molar-refractivity contribution in [3.05, 3.63) is 34.9 Å². The van der Waals surface area contributed by atoms with Gasteiger partial charge in [0.2, 0.25) is 0 Å². The first-order chi connectivity index (χ1) is 13.5. The monoisotopic (exact) mass is 383 g/mol. The molecule has 0 aliphatic heterocycles. The number of hydrogen-bond donors (Lipinski definition) is 2. The van der Waals surface area contributed by atoms with Gasteiger partial charge in [-0.1, -0.05) is 5.16 Å². The molecule has 1 aliphatic carbocycles. The molecule has 7 heteroatoms. The number of rotatable bonds is 4. The number of furan rings is 1. The van der Waals surface area contributed by atoms with Crippen molar-refractivity contribution in [1.82, 2.24) is 15.5 Å². The van der Waals surface area contributed by atoms with Crippen LogP contribution in [0.1, 0.15) is 53.3 Å². The quantitative estimate of drug-likeness (QED) is 0.712. The first kappa shape index (κ1) is 18.7. The minimum Gasteiger partial charge on any atom is -0.466 e. The van der Waals surface area contributed by atoms with Crippen molar-refractivity contribution in [2.24, 2.45) is 5.92 Å². The zero-order valence-corrected chi connectivity index (χ0v) is 16.4. The van der Waals surface area contributed by atoms with Crippen molar-refractivity contribution in [1.29, 1.82) is 0 Å². The topological polar surface area (TPSA) is 101 Å². The summed E-state index contributed by atoms with van der Waals surface area (Å²) in [5, 5.41) is 17.1. The Bertz CT molecular complexity index is 1010. The third-order valence-electron chi connectivity index (χ3n) is 5.62. The number of aliphatic hydroxyl groups is 1. The van der Waals surface area contributed by atoms with Gasteiger partial charge in [0, 0.05) is 18.2 Å². The average molecular weight is 383 g/mol. The Hall–Kier alpha value is -2.67. The van der Waals surface area contributed by atoms with Crippen molar-refractivity contribution in [2.45, 2.75) is 52.5 Å². The van der Waals surface area contributed by atoms with Crippen molar-refractivity contribution in [3.63, 3.8) is 0 Å². The van der Waals surface area contributed by atoms with Crippen LogP contribution in [0.2, 0.25) is 0 Å². The number of nitrogens with one attached hydrogen (secondary N) is 1. The van der Waals surface area contributed by atoms with E-state index in [9.17, 15) is 9.90 Å². The Kier molecular flexibility index (Phi) is 4.93. The summed E-state index contributed by atoms with van der Waals surface area (Å²) in [6, 6.07) is 3.81. The standard InChI is InChI=1S/C21H25N3O4/c1-11-8-16(13(3)27-11)18-9-17(19-12(2)24-28-21(19)23-18)20(26)22-15-6-4-14(10-25)5-7-15/h8-9,14-15,25H,4-7,10H2,1-3H3,(H,22,26). The summed E-state index contributed by atoms with van der Waals surface area (Å²) in [5.41, 5.74) is 2.98. The summed E-state index contributed by atoms with van der Waals surface area (Å²) < 4.78 is 11.0. The number of fused-ring (bicyclic) bond motifs is 1. The first-order valence-electron chi connectivity index (χ1n) is 9.72. The van der Waals surface area contributed by atoms with Gasteiger partial charge < -0.3 is 19.4 Å². The van der Waals surface area contributed by atoms with E-state index in [1.807, 2.05) is 26.8 Å². The van der Waals surface area contributed by atoms with E-state index in [1.165, 1.54) is 0 Å². The fourth-order valence-electron chi connectivity index (χ4n) is 4.05. The van der Waals surface area contributed by atoms with Crippen LogP contribution in [-0.4, -0.2) is 33.8 Å². The van der Waals surface area contributed by atoms with E-state index in [4.69, 9.17) is 8.94 Å². The zero-order chi connectivity index (χ0) is 19.8. The van der Waals surface area contributed by atoms with Crippen LogP contribution in [0.5, 0.6) is 0 Å².